The first-order valence-electron chi connectivity index (χ1n) is 9.32. The molecule has 2 aromatic rings. The SMILES string of the molecule is COc1ccc(S(=O)(=O)C(CCCCc2ccccc2)C(C)(O)C(=O)NO)cc1. The summed E-state index contributed by atoms with van der Waals surface area (Å²) in [6.45, 7) is 1.10. The Morgan fingerprint density at radius 3 is 2.28 bits per heavy atom. The number of unbranched alkanes of at least 4 members (excludes halogenated alkanes) is 1. The van der Waals surface area contributed by atoms with Crippen molar-refractivity contribution in [3.05, 3.63) is 60.2 Å². The number of carbonyl (C=O) groups is 1. The van der Waals surface area contributed by atoms with Crippen molar-refractivity contribution < 1.29 is 28.3 Å². The summed E-state index contributed by atoms with van der Waals surface area (Å²) in [4.78, 5) is 12.0. The highest BCUT2D eigenvalue weighted by atomic mass is 32.2. The summed E-state index contributed by atoms with van der Waals surface area (Å²) >= 11 is 0. The third kappa shape index (κ3) is 5.56. The second kappa shape index (κ2) is 9.87. The lowest BCUT2D eigenvalue weighted by molar-refractivity contribution is -0.147. The Hall–Kier alpha value is -2.42. The molecule has 8 heteroatoms. The third-order valence-corrected chi connectivity index (χ3v) is 7.35. The molecule has 2 unspecified atom stereocenters. The standard InChI is InChI=1S/C21H27NO6S/c1-21(24,20(23)22-25)19(11-7-6-10-16-8-4-3-5-9-16)29(26,27)18-14-12-17(28-2)13-15-18/h3-5,8-9,12-15,19,24-25H,6-7,10-11H2,1-2H3,(H,22,23). The van der Waals surface area contributed by atoms with Gasteiger partial charge in [0, 0.05) is 0 Å². The van der Waals surface area contributed by atoms with Gasteiger partial charge in [-0.2, -0.15) is 0 Å². The van der Waals surface area contributed by atoms with E-state index in [-0.39, 0.29) is 11.3 Å². The normalized spacial score (nSPS) is 14.6. The molecule has 7 nitrogen and oxygen atoms in total. The molecule has 0 saturated heterocycles. The maximum absolute atomic E-state index is 13.2. The minimum atomic E-state index is -4.06. The Morgan fingerprint density at radius 2 is 1.72 bits per heavy atom. The van der Waals surface area contributed by atoms with Crippen molar-refractivity contribution in [3.8, 4) is 5.75 Å². The van der Waals surface area contributed by atoms with Crippen molar-refractivity contribution in [1.29, 1.82) is 0 Å². The van der Waals surface area contributed by atoms with Crippen LogP contribution in [0.25, 0.3) is 0 Å². The van der Waals surface area contributed by atoms with Crippen molar-refractivity contribution >= 4 is 15.7 Å². The second-order valence-electron chi connectivity index (χ2n) is 7.03. The van der Waals surface area contributed by atoms with E-state index in [4.69, 9.17) is 9.94 Å². The molecule has 0 aromatic heterocycles. The van der Waals surface area contributed by atoms with Crippen molar-refractivity contribution in [2.45, 2.75) is 48.4 Å². The third-order valence-electron chi connectivity index (χ3n) is 4.98. The summed E-state index contributed by atoms with van der Waals surface area (Å²) in [7, 11) is -2.59. The Balaban J connectivity index is 2.22. The van der Waals surface area contributed by atoms with Crippen molar-refractivity contribution in [2.75, 3.05) is 7.11 Å². The lowest BCUT2D eigenvalue weighted by atomic mass is 9.96. The van der Waals surface area contributed by atoms with E-state index in [0.29, 0.717) is 18.6 Å². The van der Waals surface area contributed by atoms with Crippen LogP contribution in [0.1, 0.15) is 31.7 Å². The minimum absolute atomic E-state index is 0.0302. The number of sulfone groups is 1. The largest absolute Gasteiger partial charge is 0.497 e. The van der Waals surface area contributed by atoms with Crippen LogP contribution in [0.4, 0.5) is 0 Å². The molecule has 2 rings (SSSR count). The molecular formula is C21H27NO6S. The number of hydrogen-bond donors (Lipinski definition) is 3. The van der Waals surface area contributed by atoms with E-state index < -0.39 is 26.6 Å². The fraction of sp³-hybridized carbons (Fsp3) is 0.381. The molecule has 2 atom stereocenters. The first-order chi connectivity index (χ1) is 13.7. The summed E-state index contributed by atoms with van der Waals surface area (Å²) in [5.41, 5.74) is 0.192. The number of hydroxylamine groups is 1. The highest BCUT2D eigenvalue weighted by Gasteiger charge is 2.47. The van der Waals surface area contributed by atoms with Gasteiger partial charge in [0.2, 0.25) is 0 Å². The van der Waals surface area contributed by atoms with E-state index in [9.17, 15) is 18.3 Å². The number of amides is 1. The molecule has 1 amide bonds. The topological polar surface area (TPSA) is 113 Å². The van der Waals surface area contributed by atoms with Gasteiger partial charge in [0.1, 0.15) is 11.0 Å². The van der Waals surface area contributed by atoms with Gasteiger partial charge in [0.05, 0.1) is 12.0 Å². The molecule has 0 heterocycles. The fourth-order valence-corrected chi connectivity index (χ4v) is 5.26. The van der Waals surface area contributed by atoms with E-state index in [1.54, 1.807) is 0 Å². The molecule has 0 spiro atoms. The number of carbonyl (C=O) groups excluding carboxylic acids is 1. The molecule has 0 aliphatic heterocycles. The van der Waals surface area contributed by atoms with Crippen LogP contribution < -0.4 is 10.2 Å². The zero-order valence-corrected chi connectivity index (χ0v) is 17.4. The lowest BCUT2D eigenvalue weighted by Crippen LogP contribution is -2.54. The maximum atomic E-state index is 13.2. The smallest absolute Gasteiger partial charge is 0.276 e. The van der Waals surface area contributed by atoms with Crippen molar-refractivity contribution in [2.24, 2.45) is 0 Å². The quantitative estimate of drug-likeness (QED) is 0.309. The Morgan fingerprint density at radius 1 is 1.10 bits per heavy atom. The van der Waals surface area contributed by atoms with Gasteiger partial charge in [-0.05, 0) is 56.0 Å². The van der Waals surface area contributed by atoms with Crippen LogP contribution in [-0.2, 0) is 21.1 Å². The van der Waals surface area contributed by atoms with Gasteiger partial charge >= 0.3 is 0 Å². The van der Waals surface area contributed by atoms with E-state index in [1.807, 2.05) is 30.3 Å². The summed E-state index contributed by atoms with van der Waals surface area (Å²) in [5.74, 6) is -0.675. The number of rotatable bonds is 10. The first-order valence-corrected chi connectivity index (χ1v) is 10.9. The molecule has 3 N–H and O–H groups in total. The molecular weight excluding hydrogens is 394 g/mol. The van der Waals surface area contributed by atoms with Crippen LogP contribution >= 0.6 is 0 Å². The fourth-order valence-electron chi connectivity index (χ4n) is 3.23. The van der Waals surface area contributed by atoms with Crippen LogP contribution in [0.2, 0.25) is 0 Å². The van der Waals surface area contributed by atoms with Gasteiger partial charge in [0.25, 0.3) is 5.91 Å². The molecule has 0 saturated carbocycles. The van der Waals surface area contributed by atoms with Gasteiger partial charge in [-0.15, -0.1) is 0 Å². The van der Waals surface area contributed by atoms with Crippen molar-refractivity contribution in [1.82, 2.24) is 5.48 Å². The zero-order valence-electron chi connectivity index (χ0n) is 16.5. The Bertz CT molecular complexity index is 895. The minimum Gasteiger partial charge on any atom is -0.497 e. The van der Waals surface area contributed by atoms with E-state index in [2.05, 4.69) is 0 Å². The van der Waals surface area contributed by atoms with Crippen LogP contribution in [-0.4, -0.2) is 42.6 Å². The summed E-state index contributed by atoms with van der Waals surface area (Å²) in [5, 5.41) is 18.2. The monoisotopic (exact) mass is 421 g/mol. The van der Waals surface area contributed by atoms with Gasteiger partial charge in [0.15, 0.2) is 15.4 Å². The number of aryl methyl sites for hydroxylation is 1. The maximum Gasteiger partial charge on any atom is 0.276 e. The lowest BCUT2D eigenvalue weighted by Gasteiger charge is -2.30. The van der Waals surface area contributed by atoms with Gasteiger partial charge < -0.3 is 9.84 Å². The number of benzene rings is 2. The highest BCUT2D eigenvalue weighted by Crippen LogP contribution is 2.30. The van der Waals surface area contributed by atoms with Crippen molar-refractivity contribution in [3.63, 3.8) is 0 Å². The molecule has 0 aliphatic rings. The summed E-state index contributed by atoms with van der Waals surface area (Å²) < 4.78 is 31.4. The first kappa shape index (κ1) is 22.9. The van der Waals surface area contributed by atoms with Gasteiger partial charge in [-0.3, -0.25) is 10.0 Å². The summed E-state index contributed by atoms with van der Waals surface area (Å²) in [6, 6.07) is 15.5. The van der Waals surface area contributed by atoms with Crippen LogP contribution in [0.15, 0.2) is 59.5 Å². The molecule has 0 fully saturated rings. The number of aliphatic hydroxyl groups is 1. The average molecular weight is 422 g/mol. The van der Waals surface area contributed by atoms with Gasteiger partial charge in [-0.25, -0.2) is 13.9 Å². The van der Waals surface area contributed by atoms with Gasteiger partial charge in [-0.1, -0.05) is 36.8 Å². The van der Waals surface area contributed by atoms with E-state index in [0.717, 1.165) is 18.9 Å². The predicted molar refractivity (Wildman–Crippen MR) is 109 cm³/mol. The van der Waals surface area contributed by atoms with Crippen LogP contribution in [0, 0.1) is 0 Å². The van der Waals surface area contributed by atoms with Crippen LogP contribution in [0.5, 0.6) is 5.75 Å². The number of nitrogens with one attached hydrogen (secondary N) is 1. The number of hydrogen-bond acceptors (Lipinski definition) is 6. The Kier molecular flexibility index (Phi) is 7.78. The highest BCUT2D eigenvalue weighted by molar-refractivity contribution is 7.92. The zero-order chi connectivity index (χ0) is 21.5. The summed E-state index contributed by atoms with van der Waals surface area (Å²) in [6.07, 6.45) is 1.98. The molecule has 158 valence electrons. The molecule has 0 bridgehead atoms. The molecule has 29 heavy (non-hydrogen) atoms. The second-order valence-corrected chi connectivity index (χ2v) is 9.16. The van der Waals surface area contributed by atoms with E-state index >= 15 is 0 Å². The van der Waals surface area contributed by atoms with Crippen LogP contribution in [0.3, 0.4) is 0 Å². The van der Waals surface area contributed by atoms with E-state index in [1.165, 1.54) is 36.9 Å². The molecule has 2 aromatic carbocycles. The number of methoxy groups -OCH3 is 1. The Labute approximate surface area is 171 Å². The average Bonchev–Trinajstić information content (AvgIpc) is 2.73. The number of ether oxygens (including phenoxy) is 1. The predicted octanol–water partition coefficient (Wildman–Crippen LogP) is 2.51. The molecule has 0 aliphatic carbocycles. The molecule has 0 radical (unpaired) electrons.